The van der Waals surface area contributed by atoms with E-state index in [0.717, 1.165) is 0 Å². The molecule has 0 bridgehead atoms. The minimum absolute atomic E-state index is 0.115. The maximum absolute atomic E-state index is 11.6. The summed E-state index contributed by atoms with van der Waals surface area (Å²) in [5.74, 6) is -0.618. The number of anilines is 1. The monoisotopic (exact) mass is 300 g/mol. The third-order valence-corrected chi connectivity index (χ3v) is 4.12. The molecule has 0 aliphatic carbocycles. The zero-order valence-corrected chi connectivity index (χ0v) is 12.6. The number of sulfonamides is 1. The Kier molecular flexibility index (Phi) is 5.52. The van der Waals surface area contributed by atoms with Crippen LogP contribution < -0.4 is 9.62 Å². The van der Waals surface area contributed by atoms with Crippen molar-refractivity contribution in [3.63, 3.8) is 0 Å². The van der Waals surface area contributed by atoms with Crippen molar-refractivity contribution in [3.8, 4) is 0 Å². The van der Waals surface area contributed by atoms with E-state index in [-0.39, 0.29) is 11.4 Å². The van der Waals surface area contributed by atoms with Crippen LogP contribution in [0.4, 0.5) is 5.69 Å². The van der Waals surface area contributed by atoms with Gasteiger partial charge in [-0.25, -0.2) is 13.1 Å². The summed E-state index contributed by atoms with van der Waals surface area (Å²) in [6.45, 7) is 4.46. The summed E-state index contributed by atoms with van der Waals surface area (Å²) in [6.07, 6.45) is 0. The first kappa shape index (κ1) is 16.5. The Labute approximate surface area is 119 Å². The first-order valence-electron chi connectivity index (χ1n) is 6.26. The Morgan fingerprint density at radius 3 is 2.25 bits per heavy atom. The fourth-order valence-electron chi connectivity index (χ4n) is 1.82. The van der Waals surface area contributed by atoms with Gasteiger partial charge in [0.15, 0.2) is 0 Å². The number of nitrogens with zero attached hydrogens (tertiary/aromatic N) is 1. The highest BCUT2D eigenvalue weighted by Crippen LogP contribution is 2.19. The second kappa shape index (κ2) is 6.71. The predicted molar refractivity (Wildman–Crippen MR) is 77.4 cm³/mol. The lowest BCUT2D eigenvalue weighted by atomic mass is 10.2. The Hall–Kier alpha value is -1.60. The van der Waals surface area contributed by atoms with Crippen LogP contribution in [-0.4, -0.2) is 39.6 Å². The molecular formula is C13H20N2O4S. The molecule has 1 rings (SSSR count). The molecule has 0 aliphatic rings. The van der Waals surface area contributed by atoms with Crippen LogP contribution in [-0.2, 0) is 14.8 Å². The second-order valence-electron chi connectivity index (χ2n) is 4.87. The van der Waals surface area contributed by atoms with Crippen molar-refractivity contribution in [2.75, 3.05) is 25.0 Å². The molecular weight excluding hydrogens is 280 g/mol. The number of carboxylic acid groups (broad SMARTS) is 1. The van der Waals surface area contributed by atoms with Gasteiger partial charge in [-0.05, 0) is 37.2 Å². The standard InChI is InChI=1S/C13H20N2O4S/c1-10(2)8-15(9-13(16)17)11-4-6-12(7-5-11)20(18,19)14-3/h4-7,10,14H,8-9H2,1-3H3,(H,16,17). The van der Waals surface area contributed by atoms with Crippen molar-refractivity contribution < 1.29 is 18.3 Å². The van der Waals surface area contributed by atoms with E-state index >= 15 is 0 Å². The van der Waals surface area contributed by atoms with Gasteiger partial charge in [0.1, 0.15) is 6.54 Å². The van der Waals surface area contributed by atoms with E-state index in [1.54, 1.807) is 17.0 Å². The van der Waals surface area contributed by atoms with Crippen molar-refractivity contribution in [2.24, 2.45) is 5.92 Å². The van der Waals surface area contributed by atoms with E-state index in [1.807, 2.05) is 13.8 Å². The average Bonchev–Trinajstić information content (AvgIpc) is 2.37. The lowest BCUT2D eigenvalue weighted by Crippen LogP contribution is -2.33. The number of carboxylic acids is 1. The molecule has 7 heteroatoms. The largest absolute Gasteiger partial charge is 0.480 e. The zero-order valence-electron chi connectivity index (χ0n) is 11.8. The highest BCUT2D eigenvalue weighted by Gasteiger charge is 2.15. The third kappa shape index (κ3) is 4.50. The van der Waals surface area contributed by atoms with Gasteiger partial charge < -0.3 is 10.0 Å². The van der Waals surface area contributed by atoms with Gasteiger partial charge in [-0.2, -0.15) is 0 Å². The van der Waals surface area contributed by atoms with Crippen molar-refractivity contribution in [1.82, 2.24) is 4.72 Å². The quantitative estimate of drug-likeness (QED) is 0.788. The van der Waals surface area contributed by atoms with Crippen LogP contribution in [0.5, 0.6) is 0 Å². The Morgan fingerprint density at radius 1 is 1.30 bits per heavy atom. The van der Waals surface area contributed by atoms with E-state index < -0.39 is 16.0 Å². The maximum atomic E-state index is 11.6. The number of hydrogen-bond donors (Lipinski definition) is 2. The van der Waals surface area contributed by atoms with Crippen LogP contribution >= 0.6 is 0 Å². The number of benzene rings is 1. The van der Waals surface area contributed by atoms with Crippen LogP contribution in [0.2, 0.25) is 0 Å². The lowest BCUT2D eigenvalue weighted by Gasteiger charge is -2.25. The van der Waals surface area contributed by atoms with Crippen LogP contribution in [0.25, 0.3) is 0 Å². The minimum Gasteiger partial charge on any atom is -0.480 e. The Balaban J connectivity index is 3.01. The molecule has 0 unspecified atom stereocenters. The molecule has 0 aromatic heterocycles. The summed E-state index contributed by atoms with van der Waals surface area (Å²) in [5.41, 5.74) is 0.691. The molecule has 0 amide bonds. The van der Waals surface area contributed by atoms with Crippen LogP contribution in [0.15, 0.2) is 29.2 Å². The number of carbonyl (C=O) groups is 1. The van der Waals surface area contributed by atoms with Crippen molar-refractivity contribution in [3.05, 3.63) is 24.3 Å². The van der Waals surface area contributed by atoms with E-state index in [0.29, 0.717) is 18.2 Å². The summed E-state index contributed by atoms with van der Waals surface area (Å²) in [7, 11) is -2.13. The van der Waals surface area contributed by atoms with Gasteiger partial charge >= 0.3 is 5.97 Å². The molecule has 0 aliphatic heterocycles. The predicted octanol–water partition coefficient (Wildman–Crippen LogP) is 1.14. The fourth-order valence-corrected chi connectivity index (χ4v) is 2.55. The van der Waals surface area contributed by atoms with Gasteiger partial charge in [0.05, 0.1) is 4.90 Å². The normalized spacial score (nSPS) is 11.6. The molecule has 0 radical (unpaired) electrons. The van der Waals surface area contributed by atoms with Crippen LogP contribution in [0.1, 0.15) is 13.8 Å². The minimum atomic E-state index is -3.47. The molecule has 0 spiro atoms. The van der Waals surface area contributed by atoms with Crippen molar-refractivity contribution in [1.29, 1.82) is 0 Å². The van der Waals surface area contributed by atoms with Gasteiger partial charge in [-0.3, -0.25) is 4.79 Å². The summed E-state index contributed by atoms with van der Waals surface area (Å²) in [6, 6.07) is 6.18. The number of hydrogen-bond acceptors (Lipinski definition) is 4. The fraction of sp³-hybridized carbons (Fsp3) is 0.462. The van der Waals surface area contributed by atoms with Gasteiger partial charge in [0.25, 0.3) is 0 Å². The molecule has 2 N–H and O–H groups in total. The summed E-state index contributed by atoms with van der Waals surface area (Å²) in [4.78, 5) is 12.8. The van der Waals surface area contributed by atoms with Gasteiger partial charge in [-0.1, -0.05) is 13.8 Å². The molecule has 0 saturated carbocycles. The number of aliphatic carboxylic acids is 1. The molecule has 0 atom stereocenters. The topological polar surface area (TPSA) is 86.7 Å². The van der Waals surface area contributed by atoms with E-state index in [9.17, 15) is 13.2 Å². The molecule has 0 heterocycles. The molecule has 112 valence electrons. The zero-order chi connectivity index (χ0) is 15.3. The summed E-state index contributed by atoms with van der Waals surface area (Å²) >= 11 is 0. The van der Waals surface area contributed by atoms with E-state index in [1.165, 1.54) is 19.2 Å². The highest BCUT2D eigenvalue weighted by atomic mass is 32.2. The van der Waals surface area contributed by atoms with Gasteiger partial charge in [-0.15, -0.1) is 0 Å². The lowest BCUT2D eigenvalue weighted by molar-refractivity contribution is -0.135. The molecule has 1 aromatic carbocycles. The highest BCUT2D eigenvalue weighted by molar-refractivity contribution is 7.89. The third-order valence-electron chi connectivity index (χ3n) is 2.69. The molecule has 0 saturated heterocycles. The maximum Gasteiger partial charge on any atom is 0.323 e. The molecule has 20 heavy (non-hydrogen) atoms. The number of nitrogens with one attached hydrogen (secondary N) is 1. The van der Waals surface area contributed by atoms with Crippen LogP contribution in [0.3, 0.4) is 0 Å². The summed E-state index contributed by atoms with van der Waals surface area (Å²) < 4.78 is 25.5. The molecule has 6 nitrogen and oxygen atoms in total. The smallest absolute Gasteiger partial charge is 0.323 e. The Bertz CT molecular complexity index is 552. The Morgan fingerprint density at radius 2 is 1.85 bits per heavy atom. The van der Waals surface area contributed by atoms with Crippen molar-refractivity contribution >= 4 is 21.7 Å². The van der Waals surface area contributed by atoms with Crippen LogP contribution in [0, 0.1) is 5.92 Å². The molecule has 0 fully saturated rings. The van der Waals surface area contributed by atoms with E-state index in [2.05, 4.69) is 4.72 Å². The van der Waals surface area contributed by atoms with Gasteiger partial charge in [0, 0.05) is 12.2 Å². The van der Waals surface area contributed by atoms with Gasteiger partial charge in [0.2, 0.25) is 10.0 Å². The summed E-state index contributed by atoms with van der Waals surface area (Å²) in [5, 5.41) is 8.93. The SMILES string of the molecule is CNS(=O)(=O)c1ccc(N(CC(=O)O)CC(C)C)cc1. The average molecular weight is 300 g/mol. The van der Waals surface area contributed by atoms with Crippen molar-refractivity contribution in [2.45, 2.75) is 18.7 Å². The molecule has 1 aromatic rings. The van der Waals surface area contributed by atoms with E-state index in [4.69, 9.17) is 5.11 Å². The second-order valence-corrected chi connectivity index (χ2v) is 6.76. The first-order valence-corrected chi connectivity index (χ1v) is 7.75. The number of rotatable bonds is 7. The first-order chi connectivity index (χ1) is 9.26.